The number of benzene rings is 1. The zero-order valence-corrected chi connectivity index (χ0v) is 18.6. The number of amides is 2. The van der Waals surface area contributed by atoms with Crippen molar-refractivity contribution in [1.29, 1.82) is 0 Å². The molecule has 2 aromatic rings. The number of carbonyl (C=O) groups excluding carboxylic acids is 3. The molecular weight excluding hydrogens is 414 g/mol. The third-order valence-electron chi connectivity index (χ3n) is 5.22. The molecule has 0 radical (unpaired) electrons. The first-order chi connectivity index (χ1) is 14.7. The molecule has 1 saturated heterocycles. The molecule has 160 valence electrons. The van der Waals surface area contributed by atoms with Crippen LogP contribution >= 0.6 is 12.2 Å². The lowest BCUT2D eigenvalue weighted by Crippen LogP contribution is -2.53. The molecule has 31 heavy (non-hydrogen) atoms. The SMILES string of the molecule is C=CCN1C(=O)/C(=C/c2cc(C)n(-c3cccc(C(=O)OC)c3C)c2C)C(=O)NC1=S. The van der Waals surface area contributed by atoms with Gasteiger partial charge >= 0.3 is 5.97 Å². The number of nitrogens with one attached hydrogen (secondary N) is 1. The van der Waals surface area contributed by atoms with Gasteiger partial charge in [0.2, 0.25) is 0 Å². The van der Waals surface area contributed by atoms with E-state index in [0.717, 1.165) is 22.6 Å². The van der Waals surface area contributed by atoms with E-state index in [1.165, 1.54) is 12.0 Å². The normalized spacial score (nSPS) is 15.3. The van der Waals surface area contributed by atoms with Crippen LogP contribution in [-0.2, 0) is 14.3 Å². The minimum atomic E-state index is -0.538. The monoisotopic (exact) mass is 437 g/mol. The fraction of sp³-hybridized carbons (Fsp3) is 0.217. The van der Waals surface area contributed by atoms with Crippen molar-refractivity contribution in [3.63, 3.8) is 0 Å². The molecule has 0 bridgehead atoms. The van der Waals surface area contributed by atoms with Crippen molar-refractivity contribution in [1.82, 2.24) is 14.8 Å². The van der Waals surface area contributed by atoms with Crippen LogP contribution in [0, 0.1) is 20.8 Å². The van der Waals surface area contributed by atoms with Gasteiger partial charge in [-0.15, -0.1) is 6.58 Å². The molecule has 0 spiro atoms. The van der Waals surface area contributed by atoms with Gasteiger partial charge in [0.25, 0.3) is 11.8 Å². The zero-order valence-electron chi connectivity index (χ0n) is 17.8. The van der Waals surface area contributed by atoms with E-state index in [0.29, 0.717) is 11.1 Å². The van der Waals surface area contributed by atoms with E-state index in [9.17, 15) is 14.4 Å². The summed E-state index contributed by atoms with van der Waals surface area (Å²) in [7, 11) is 1.35. The maximum Gasteiger partial charge on any atom is 0.338 e. The number of esters is 1. The van der Waals surface area contributed by atoms with E-state index in [1.54, 1.807) is 24.3 Å². The Bertz CT molecular complexity index is 1160. The number of nitrogens with zero attached hydrogens (tertiary/aromatic N) is 2. The molecule has 7 nitrogen and oxygen atoms in total. The van der Waals surface area contributed by atoms with Gasteiger partial charge in [-0.1, -0.05) is 12.1 Å². The third kappa shape index (κ3) is 3.94. The number of methoxy groups -OCH3 is 1. The van der Waals surface area contributed by atoms with Crippen LogP contribution in [0.5, 0.6) is 0 Å². The van der Waals surface area contributed by atoms with Crippen LogP contribution in [0.15, 0.2) is 42.5 Å². The van der Waals surface area contributed by atoms with Gasteiger partial charge in [0.1, 0.15) is 5.57 Å². The standard InChI is InChI=1S/C23H23N3O4S/c1-6-10-25-21(28)18(20(27)24-23(25)31)12-16-11-13(2)26(15(16)4)19-9-7-8-17(14(19)3)22(29)30-5/h6-9,11-12H,1,10H2,2-5H3,(H,24,27,31)/b18-12+. The van der Waals surface area contributed by atoms with Gasteiger partial charge in [-0.3, -0.25) is 19.8 Å². The Morgan fingerprint density at radius 2 is 1.97 bits per heavy atom. The molecule has 1 aliphatic heterocycles. The van der Waals surface area contributed by atoms with E-state index < -0.39 is 17.8 Å². The van der Waals surface area contributed by atoms with Gasteiger partial charge in [-0.05, 0) is 68.4 Å². The maximum absolute atomic E-state index is 12.8. The van der Waals surface area contributed by atoms with Gasteiger partial charge in [0, 0.05) is 23.6 Å². The van der Waals surface area contributed by atoms with Crippen LogP contribution < -0.4 is 5.32 Å². The Labute approximate surface area is 186 Å². The quantitative estimate of drug-likeness (QED) is 0.256. The smallest absolute Gasteiger partial charge is 0.338 e. The van der Waals surface area contributed by atoms with Crippen LogP contribution in [-0.4, -0.2) is 46.0 Å². The topological polar surface area (TPSA) is 80.6 Å². The first-order valence-corrected chi connectivity index (χ1v) is 9.99. The molecule has 2 amide bonds. The fourth-order valence-corrected chi connectivity index (χ4v) is 3.90. The number of aromatic nitrogens is 1. The lowest BCUT2D eigenvalue weighted by atomic mass is 10.1. The molecule has 0 atom stereocenters. The van der Waals surface area contributed by atoms with Crippen molar-refractivity contribution in [2.45, 2.75) is 20.8 Å². The summed E-state index contributed by atoms with van der Waals surface area (Å²) in [6, 6.07) is 7.29. The largest absolute Gasteiger partial charge is 0.465 e. The molecule has 1 aliphatic rings. The number of thiocarbonyl (C=S) groups is 1. The van der Waals surface area contributed by atoms with E-state index in [1.807, 2.05) is 37.5 Å². The van der Waals surface area contributed by atoms with Crippen molar-refractivity contribution < 1.29 is 19.1 Å². The number of hydrogen-bond donors (Lipinski definition) is 1. The molecule has 1 N–H and O–H groups in total. The summed E-state index contributed by atoms with van der Waals surface area (Å²) < 4.78 is 6.85. The predicted molar refractivity (Wildman–Crippen MR) is 122 cm³/mol. The van der Waals surface area contributed by atoms with E-state index in [2.05, 4.69) is 11.9 Å². The number of aryl methyl sites for hydroxylation is 1. The van der Waals surface area contributed by atoms with Gasteiger partial charge in [0.05, 0.1) is 12.7 Å². The van der Waals surface area contributed by atoms with Crippen LogP contribution in [0.1, 0.15) is 32.9 Å². The van der Waals surface area contributed by atoms with E-state index in [4.69, 9.17) is 17.0 Å². The summed E-state index contributed by atoms with van der Waals surface area (Å²) in [5.41, 5.74) is 4.47. The molecule has 0 unspecified atom stereocenters. The van der Waals surface area contributed by atoms with Crippen molar-refractivity contribution in [2.24, 2.45) is 0 Å². The number of ether oxygens (including phenoxy) is 1. The molecule has 2 heterocycles. The highest BCUT2D eigenvalue weighted by Crippen LogP contribution is 2.27. The molecule has 1 aromatic carbocycles. The van der Waals surface area contributed by atoms with Crippen molar-refractivity contribution in [3.05, 3.63) is 70.6 Å². The van der Waals surface area contributed by atoms with Crippen LogP contribution in [0.25, 0.3) is 11.8 Å². The second kappa shape index (κ2) is 8.69. The van der Waals surface area contributed by atoms with E-state index >= 15 is 0 Å². The lowest BCUT2D eigenvalue weighted by molar-refractivity contribution is -0.128. The molecule has 8 heteroatoms. The predicted octanol–water partition coefficient (Wildman–Crippen LogP) is 3.00. The first kappa shape index (κ1) is 22.2. The number of rotatable bonds is 5. The molecule has 1 fully saturated rings. The third-order valence-corrected chi connectivity index (χ3v) is 5.54. The molecule has 3 rings (SSSR count). The van der Waals surface area contributed by atoms with Gasteiger partial charge in [0.15, 0.2) is 5.11 Å². The summed E-state index contributed by atoms with van der Waals surface area (Å²) in [6.45, 7) is 9.49. The highest BCUT2D eigenvalue weighted by molar-refractivity contribution is 7.80. The summed E-state index contributed by atoms with van der Waals surface area (Å²) in [4.78, 5) is 38.7. The lowest BCUT2D eigenvalue weighted by Gasteiger charge is -2.27. The van der Waals surface area contributed by atoms with Crippen LogP contribution in [0.3, 0.4) is 0 Å². The van der Waals surface area contributed by atoms with E-state index in [-0.39, 0.29) is 17.2 Å². The Balaban J connectivity index is 2.10. The molecular formula is C23H23N3O4S. The minimum absolute atomic E-state index is 0.00395. The number of carbonyl (C=O) groups is 3. The first-order valence-electron chi connectivity index (χ1n) is 9.58. The fourth-order valence-electron chi connectivity index (χ4n) is 3.65. The minimum Gasteiger partial charge on any atom is -0.465 e. The van der Waals surface area contributed by atoms with Crippen molar-refractivity contribution >= 4 is 41.2 Å². The summed E-state index contributed by atoms with van der Waals surface area (Å²) in [5.74, 6) is -1.42. The van der Waals surface area contributed by atoms with Crippen LogP contribution in [0.2, 0.25) is 0 Å². The highest BCUT2D eigenvalue weighted by atomic mass is 32.1. The van der Waals surface area contributed by atoms with Gasteiger partial charge in [-0.25, -0.2) is 4.79 Å². The number of hydrogen-bond acceptors (Lipinski definition) is 5. The second-order valence-electron chi connectivity index (χ2n) is 7.12. The van der Waals surface area contributed by atoms with Crippen molar-refractivity contribution in [2.75, 3.05) is 13.7 Å². The summed E-state index contributed by atoms with van der Waals surface area (Å²) in [6.07, 6.45) is 3.11. The zero-order chi connectivity index (χ0) is 22.9. The molecule has 1 aromatic heterocycles. The van der Waals surface area contributed by atoms with Crippen LogP contribution in [0.4, 0.5) is 0 Å². The van der Waals surface area contributed by atoms with Crippen molar-refractivity contribution in [3.8, 4) is 5.69 Å². The molecule has 0 aliphatic carbocycles. The average molecular weight is 438 g/mol. The summed E-state index contributed by atoms with van der Waals surface area (Å²) in [5, 5.41) is 2.61. The molecule has 0 saturated carbocycles. The second-order valence-corrected chi connectivity index (χ2v) is 7.51. The average Bonchev–Trinajstić information content (AvgIpc) is 3.01. The van der Waals surface area contributed by atoms with Gasteiger partial charge < -0.3 is 9.30 Å². The maximum atomic E-state index is 12.8. The highest BCUT2D eigenvalue weighted by Gasteiger charge is 2.33. The Morgan fingerprint density at radius 3 is 2.61 bits per heavy atom. The van der Waals surface area contributed by atoms with Gasteiger partial charge in [-0.2, -0.15) is 0 Å². The Kier molecular flexibility index (Phi) is 6.21. The Morgan fingerprint density at radius 1 is 1.26 bits per heavy atom. The summed E-state index contributed by atoms with van der Waals surface area (Å²) >= 11 is 5.09. The Hall–Kier alpha value is -3.52.